The number of thioether (sulfide) groups is 1. The van der Waals surface area contributed by atoms with Gasteiger partial charge in [-0.2, -0.15) is 0 Å². The maximum absolute atomic E-state index is 11.9. The second kappa shape index (κ2) is 9.20. The van der Waals surface area contributed by atoms with Gasteiger partial charge in [-0.25, -0.2) is 0 Å². The van der Waals surface area contributed by atoms with E-state index in [9.17, 15) is 4.79 Å². The molecule has 0 bridgehead atoms. The maximum atomic E-state index is 11.9. The maximum Gasteiger partial charge on any atom is 0.277 e. The molecule has 138 valence electrons. The third kappa shape index (κ3) is 5.33. The van der Waals surface area contributed by atoms with E-state index in [1.165, 1.54) is 12.8 Å². The molecule has 0 atom stereocenters. The predicted molar refractivity (Wildman–Crippen MR) is 105 cm³/mol. The van der Waals surface area contributed by atoms with Crippen LogP contribution in [0.3, 0.4) is 0 Å². The van der Waals surface area contributed by atoms with Crippen molar-refractivity contribution >= 4 is 46.6 Å². The lowest BCUT2D eigenvalue weighted by Gasteiger charge is -2.15. The molecular weight excluding hydrogens is 394 g/mol. The lowest BCUT2D eigenvalue weighted by molar-refractivity contribution is -0.119. The molecule has 1 aromatic carbocycles. The Hall–Kier alpha value is -1.84. The number of nitrogens with one attached hydrogen (secondary N) is 3. The Morgan fingerprint density at radius 1 is 1.27 bits per heavy atom. The lowest BCUT2D eigenvalue weighted by atomic mass is 10.2. The summed E-state index contributed by atoms with van der Waals surface area (Å²) in [6.45, 7) is 0. The standard InChI is InChI=1S/C16H18ClN5O2S2/c17-12-8-4-3-7-11(12)14-20-22-16(24-14)26-9-13(23)19-21-15(25)18-10-5-1-2-6-10/h3-4,7-8,10H,1-2,5-6,9H2,(H,19,23)(H2,18,21,25). The Morgan fingerprint density at radius 3 is 2.81 bits per heavy atom. The van der Waals surface area contributed by atoms with Crippen LogP contribution in [0.5, 0.6) is 0 Å². The van der Waals surface area contributed by atoms with Crippen LogP contribution in [0.2, 0.25) is 5.02 Å². The third-order valence-corrected chi connectivity index (χ3v) is 5.21. The highest BCUT2D eigenvalue weighted by molar-refractivity contribution is 7.99. The van der Waals surface area contributed by atoms with E-state index in [0.717, 1.165) is 24.6 Å². The quantitative estimate of drug-likeness (QED) is 0.393. The van der Waals surface area contributed by atoms with E-state index >= 15 is 0 Å². The zero-order valence-electron chi connectivity index (χ0n) is 13.8. The molecule has 3 N–H and O–H groups in total. The zero-order valence-corrected chi connectivity index (χ0v) is 16.2. The van der Waals surface area contributed by atoms with Crippen molar-refractivity contribution in [2.24, 2.45) is 0 Å². The second-order valence-corrected chi connectivity index (χ2v) is 7.51. The number of nitrogens with zero attached hydrogens (tertiary/aromatic N) is 2. The van der Waals surface area contributed by atoms with Gasteiger partial charge in [-0.3, -0.25) is 15.6 Å². The minimum atomic E-state index is -0.247. The average molecular weight is 412 g/mol. The smallest absolute Gasteiger partial charge is 0.277 e. The predicted octanol–water partition coefficient (Wildman–Crippen LogP) is 2.92. The molecule has 1 aliphatic rings. The van der Waals surface area contributed by atoms with Crippen LogP contribution < -0.4 is 16.2 Å². The van der Waals surface area contributed by atoms with E-state index in [2.05, 4.69) is 26.4 Å². The Kier molecular flexibility index (Phi) is 6.70. The van der Waals surface area contributed by atoms with Gasteiger partial charge in [0.25, 0.3) is 5.22 Å². The van der Waals surface area contributed by atoms with Crippen LogP contribution in [0.25, 0.3) is 11.5 Å². The largest absolute Gasteiger partial charge is 0.411 e. The fraction of sp³-hybridized carbons (Fsp3) is 0.375. The van der Waals surface area contributed by atoms with Crippen LogP contribution in [-0.2, 0) is 4.79 Å². The van der Waals surface area contributed by atoms with E-state index < -0.39 is 0 Å². The first kappa shape index (κ1) is 18.9. The van der Waals surface area contributed by atoms with Gasteiger partial charge in [-0.05, 0) is 37.2 Å². The highest BCUT2D eigenvalue weighted by Crippen LogP contribution is 2.28. The van der Waals surface area contributed by atoms with Crippen molar-refractivity contribution in [3.05, 3.63) is 29.3 Å². The summed E-state index contributed by atoms with van der Waals surface area (Å²) in [5, 5.41) is 12.3. The monoisotopic (exact) mass is 411 g/mol. The normalized spacial score (nSPS) is 14.2. The second-order valence-electron chi connectivity index (χ2n) is 5.77. The van der Waals surface area contributed by atoms with E-state index in [1.807, 2.05) is 12.1 Å². The minimum Gasteiger partial charge on any atom is -0.411 e. The van der Waals surface area contributed by atoms with Crippen LogP contribution in [0.15, 0.2) is 33.9 Å². The van der Waals surface area contributed by atoms with Crippen molar-refractivity contribution in [2.75, 3.05) is 5.75 Å². The summed E-state index contributed by atoms with van der Waals surface area (Å²) < 4.78 is 5.53. The molecule has 7 nitrogen and oxygen atoms in total. The molecule has 3 rings (SSSR count). The van der Waals surface area contributed by atoms with Crippen molar-refractivity contribution in [3.63, 3.8) is 0 Å². The number of aromatic nitrogens is 2. The van der Waals surface area contributed by atoms with Gasteiger partial charge in [0.1, 0.15) is 0 Å². The number of carbonyl (C=O) groups excluding carboxylic acids is 1. The number of thiocarbonyl (C=S) groups is 1. The Balaban J connectivity index is 1.42. The van der Waals surface area contributed by atoms with Gasteiger partial charge in [0.2, 0.25) is 11.8 Å². The summed E-state index contributed by atoms with van der Waals surface area (Å²) in [6.07, 6.45) is 4.64. The lowest BCUT2D eigenvalue weighted by Crippen LogP contribution is -2.49. The van der Waals surface area contributed by atoms with E-state index in [0.29, 0.717) is 32.9 Å². The Labute approximate surface area is 165 Å². The van der Waals surface area contributed by atoms with Gasteiger partial charge in [-0.1, -0.05) is 48.3 Å². The summed E-state index contributed by atoms with van der Waals surface area (Å²) in [7, 11) is 0. The van der Waals surface area contributed by atoms with Crippen LogP contribution in [0.4, 0.5) is 0 Å². The van der Waals surface area contributed by atoms with Crippen LogP contribution in [0.1, 0.15) is 25.7 Å². The molecule has 1 aliphatic carbocycles. The summed E-state index contributed by atoms with van der Waals surface area (Å²) in [4.78, 5) is 11.9. The molecule has 0 aliphatic heterocycles. The number of hydrogen-bond acceptors (Lipinski definition) is 6. The fourth-order valence-corrected chi connectivity index (χ4v) is 3.59. The Morgan fingerprint density at radius 2 is 2.04 bits per heavy atom. The molecule has 1 amide bonds. The summed E-state index contributed by atoms with van der Waals surface area (Å²) in [6, 6.07) is 7.58. The van der Waals surface area contributed by atoms with Crippen molar-refractivity contribution in [3.8, 4) is 11.5 Å². The molecule has 1 aromatic heterocycles. The topological polar surface area (TPSA) is 92.1 Å². The molecule has 26 heavy (non-hydrogen) atoms. The molecule has 0 saturated heterocycles. The number of benzene rings is 1. The van der Waals surface area contributed by atoms with Gasteiger partial charge < -0.3 is 9.73 Å². The zero-order chi connectivity index (χ0) is 18.4. The molecule has 10 heteroatoms. The average Bonchev–Trinajstić information content (AvgIpc) is 3.30. The molecular formula is C16H18ClN5O2S2. The molecule has 1 fully saturated rings. The molecule has 1 heterocycles. The minimum absolute atomic E-state index is 0.114. The number of hydrazine groups is 1. The molecule has 1 saturated carbocycles. The summed E-state index contributed by atoms with van der Waals surface area (Å²) >= 11 is 12.4. The molecule has 2 aromatic rings. The number of rotatable bonds is 5. The fourth-order valence-electron chi connectivity index (χ4n) is 2.59. The van der Waals surface area contributed by atoms with Crippen molar-refractivity contribution in [1.29, 1.82) is 0 Å². The van der Waals surface area contributed by atoms with Crippen molar-refractivity contribution in [1.82, 2.24) is 26.4 Å². The third-order valence-electron chi connectivity index (χ3n) is 3.84. The van der Waals surface area contributed by atoms with Gasteiger partial charge in [0, 0.05) is 6.04 Å². The number of hydrogen-bond donors (Lipinski definition) is 3. The van der Waals surface area contributed by atoms with Gasteiger partial charge in [0.15, 0.2) is 5.11 Å². The van der Waals surface area contributed by atoms with E-state index in [4.69, 9.17) is 28.2 Å². The number of amides is 1. The van der Waals surface area contributed by atoms with Gasteiger partial charge >= 0.3 is 0 Å². The number of carbonyl (C=O) groups is 1. The highest BCUT2D eigenvalue weighted by atomic mass is 35.5. The summed E-state index contributed by atoms with van der Waals surface area (Å²) in [5.41, 5.74) is 5.91. The first-order chi connectivity index (χ1) is 12.6. The van der Waals surface area contributed by atoms with Crippen LogP contribution in [-0.4, -0.2) is 33.0 Å². The summed E-state index contributed by atoms with van der Waals surface area (Å²) in [5.74, 6) is 0.185. The van der Waals surface area contributed by atoms with Gasteiger partial charge in [0.05, 0.1) is 16.3 Å². The van der Waals surface area contributed by atoms with E-state index in [1.54, 1.807) is 12.1 Å². The molecule has 0 spiro atoms. The molecule has 0 radical (unpaired) electrons. The Bertz CT molecular complexity index is 780. The van der Waals surface area contributed by atoms with Crippen LogP contribution >= 0.6 is 35.6 Å². The van der Waals surface area contributed by atoms with Crippen molar-refractivity contribution in [2.45, 2.75) is 36.9 Å². The molecule has 0 unspecified atom stereocenters. The van der Waals surface area contributed by atoms with Gasteiger partial charge in [-0.15, -0.1) is 10.2 Å². The first-order valence-corrected chi connectivity index (χ1v) is 9.95. The van der Waals surface area contributed by atoms with Crippen molar-refractivity contribution < 1.29 is 9.21 Å². The first-order valence-electron chi connectivity index (χ1n) is 8.18. The SMILES string of the molecule is O=C(CSc1nnc(-c2ccccc2Cl)o1)NNC(=S)NC1CCCC1. The highest BCUT2D eigenvalue weighted by Gasteiger charge is 2.16. The van der Waals surface area contributed by atoms with Crippen LogP contribution in [0, 0.1) is 0 Å². The number of halogens is 1. The van der Waals surface area contributed by atoms with E-state index in [-0.39, 0.29) is 11.7 Å².